The van der Waals surface area contributed by atoms with Crippen molar-refractivity contribution in [1.29, 1.82) is 0 Å². The van der Waals surface area contributed by atoms with Crippen LogP contribution in [0.25, 0.3) is 0 Å². The van der Waals surface area contributed by atoms with Crippen molar-refractivity contribution in [1.82, 2.24) is 0 Å². The Labute approximate surface area is 118 Å². The molecule has 0 spiro atoms. The van der Waals surface area contributed by atoms with Gasteiger partial charge >= 0.3 is 0 Å². The Kier molecular flexibility index (Phi) is 3.36. The third kappa shape index (κ3) is 2.49. The molecule has 1 heterocycles. The van der Waals surface area contributed by atoms with Crippen molar-refractivity contribution >= 4 is 15.7 Å². The highest BCUT2D eigenvalue weighted by Crippen LogP contribution is 2.33. The molecule has 0 amide bonds. The maximum absolute atomic E-state index is 12.6. The van der Waals surface area contributed by atoms with Crippen LogP contribution in [0.1, 0.15) is 5.56 Å². The van der Waals surface area contributed by atoms with Crippen molar-refractivity contribution in [3.63, 3.8) is 0 Å². The third-order valence-electron chi connectivity index (χ3n) is 3.21. The number of rotatable bonds is 3. The minimum atomic E-state index is -3.40. The Morgan fingerprint density at radius 1 is 1.00 bits per heavy atom. The summed E-state index contributed by atoms with van der Waals surface area (Å²) in [7, 11) is -3.40. The Balaban J connectivity index is 1.93. The fourth-order valence-corrected chi connectivity index (χ4v) is 3.87. The molecule has 0 fully saturated rings. The van der Waals surface area contributed by atoms with Crippen molar-refractivity contribution in [3.8, 4) is 5.75 Å². The highest BCUT2D eigenvalue weighted by Gasteiger charge is 2.28. The highest BCUT2D eigenvalue weighted by atomic mass is 32.2. The molecule has 3 rings (SSSR count). The predicted molar refractivity (Wildman–Crippen MR) is 78.3 cm³/mol. The number of para-hydroxylation sites is 2. The summed E-state index contributed by atoms with van der Waals surface area (Å²) in [6.07, 6.45) is 0. The van der Waals surface area contributed by atoms with Gasteiger partial charge in [-0.05, 0) is 17.7 Å². The largest absolute Gasteiger partial charge is 0.489 e. The van der Waals surface area contributed by atoms with Gasteiger partial charge in [0, 0.05) is 0 Å². The average Bonchev–Trinajstić information content (AvgIpc) is 2.47. The number of nitrogens with zero attached hydrogens (tertiary/aromatic N) is 1. The average molecular weight is 289 g/mol. The van der Waals surface area contributed by atoms with Crippen molar-refractivity contribution in [2.45, 2.75) is 5.75 Å². The number of benzene rings is 2. The van der Waals surface area contributed by atoms with Crippen LogP contribution in [0, 0.1) is 0 Å². The van der Waals surface area contributed by atoms with E-state index in [1.165, 1.54) is 4.31 Å². The fraction of sp³-hybridized carbons (Fsp3) is 0.200. The van der Waals surface area contributed by atoms with E-state index in [-0.39, 0.29) is 5.75 Å². The number of anilines is 1. The number of hydrogen-bond acceptors (Lipinski definition) is 3. The molecule has 0 bridgehead atoms. The molecule has 0 N–H and O–H groups in total. The zero-order chi connectivity index (χ0) is 14.0. The summed E-state index contributed by atoms with van der Waals surface area (Å²) in [6, 6.07) is 16.4. The number of sulfonamides is 1. The van der Waals surface area contributed by atoms with Crippen LogP contribution >= 0.6 is 0 Å². The first-order valence-electron chi connectivity index (χ1n) is 6.43. The molecule has 0 radical (unpaired) electrons. The van der Waals surface area contributed by atoms with E-state index in [9.17, 15) is 8.42 Å². The monoisotopic (exact) mass is 289 g/mol. The summed E-state index contributed by atoms with van der Waals surface area (Å²) in [5.41, 5.74) is 1.41. The van der Waals surface area contributed by atoms with Gasteiger partial charge in [0.15, 0.2) is 0 Å². The molecular weight excluding hydrogens is 274 g/mol. The molecule has 0 saturated carbocycles. The quantitative estimate of drug-likeness (QED) is 0.871. The van der Waals surface area contributed by atoms with Gasteiger partial charge in [-0.25, -0.2) is 8.42 Å². The van der Waals surface area contributed by atoms with E-state index in [0.717, 1.165) is 5.56 Å². The fourth-order valence-electron chi connectivity index (χ4n) is 2.30. The molecule has 1 aliphatic heterocycles. The maximum Gasteiger partial charge on any atom is 0.239 e. The molecule has 0 atom stereocenters. The zero-order valence-electron chi connectivity index (χ0n) is 10.9. The first-order chi connectivity index (χ1) is 9.67. The lowest BCUT2D eigenvalue weighted by Crippen LogP contribution is -2.38. The summed E-state index contributed by atoms with van der Waals surface area (Å²) in [4.78, 5) is 0. The van der Waals surface area contributed by atoms with Crippen molar-refractivity contribution in [2.24, 2.45) is 0 Å². The topological polar surface area (TPSA) is 46.6 Å². The highest BCUT2D eigenvalue weighted by molar-refractivity contribution is 7.92. The predicted octanol–water partition coefficient (Wildman–Crippen LogP) is 2.42. The van der Waals surface area contributed by atoms with Gasteiger partial charge < -0.3 is 4.74 Å². The van der Waals surface area contributed by atoms with Crippen LogP contribution in [-0.4, -0.2) is 21.6 Å². The smallest absolute Gasteiger partial charge is 0.239 e. The maximum atomic E-state index is 12.6. The first kappa shape index (κ1) is 13.0. The van der Waals surface area contributed by atoms with Gasteiger partial charge in [0.1, 0.15) is 12.4 Å². The Bertz CT molecular complexity index is 698. The molecule has 4 nitrogen and oxygen atoms in total. The van der Waals surface area contributed by atoms with Crippen LogP contribution in [0.15, 0.2) is 54.6 Å². The minimum Gasteiger partial charge on any atom is -0.489 e. The van der Waals surface area contributed by atoms with Crippen molar-refractivity contribution in [3.05, 3.63) is 60.2 Å². The molecule has 20 heavy (non-hydrogen) atoms. The molecule has 104 valence electrons. The van der Waals surface area contributed by atoms with Gasteiger partial charge in [0.05, 0.1) is 18.0 Å². The van der Waals surface area contributed by atoms with Gasteiger partial charge in [0.25, 0.3) is 0 Å². The van der Waals surface area contributed by atoms with E-state index in [2.05, 4.69) is 0 Å². The lowest BCUT2D eigenvalue weighted by Gasteiger charge is -2.30. The van der Waals surface area contributed by atoms with Crippen LogP contribution < -0.4 is 9.04 Å². The number of ether oxygens (including phenoxy) is 1. The third-order valence-corrected chi connectivity index (χ3v) is 4.96. The molecule has 5 heteroatoms. The molecule has 1 aliphatic rings. The molecule has 0 aliphatic carbocycles. The van der Waals surface area contributed by atoms with E-state index in [1.807, 2.05) is 42.5 Å². The second-order valence-corrected chi connectivity index (χ2v) is 6.52. The van der Waals surface area contributed by atoms with Gasteiger partial charge in [0.2, 0.25) is 10.0 Å². The summed E-state index contributed by atoms with van der Waals surface area (Å²) in [5.74, 6) is 0.623. The second-order valence-electron chi connectivity index (χ2n) is 4.63. The van der Waals surface area contributed by atoms with Crippen molar-refractivity contribution < 1.29 is 13.2 Å². The van der Waals surface area contributed by atoms with E-state index >= 15 is 0 Å². The van der Waals surface area contributed by atoms with Gasteiger partial charge in [-0.2, -0.15) is 0 Å². The summed E-state index contributed by atoms with van der Waals surface area (Å²) >= 11 is 0. The second kappa shape index (κ2) is 5.17. The SMILES string of the molecule is O=S(=O)(Cc1ccccc1)N1CCOc2ccccc21. The van der Waals surface area contributed by atoms with E-state index in [0.29, 0.717) is 24.6 Å². The van der Waals surface area contributed by atoms with E-state index < -0.39 is 10.0 Å². The minimum absolute atomic E-state index is 0.00216. The lowest BCUT2D eigenvalue weighted by molar-refractivity contribution is 0.316. The molecule has 0 aromatic heterocycles. The Morgan fingerprint density at radius 3 is 2.50 bits per heavy atom. The summed E-state index contributed by atoms with van der Waals surface area (Å²) in [5, 5.41) is 0. The standard InChI is InChI=1S/C15H15NO3S/c17-20(18,12-13-6-2-1-3-7-13)16-10-11-19-15-9-5-4-8-14(15)16/h1-9H,10-12H2. The summed E-state index contributed by atoms with van der Waals surface area (Å²) < 4.78 is 32.1. The molecule has 0 saturated heterocycles. The molecular formula is C15H15NO3S. The van der Waals surface area contributed by atoms with Gasteiger partial charge in [-0.1, -0.05) is 42.5 Å². The Morgan fingerprint density at radius 2 is 1.70 bits per heavy atom. The summed E-state index contributed by atoms with van der Waals surface area (Å²) in [6.45, 7) is 0.733. The van der Waals surface area contributed by atoms with Crippen LogP contribution in [0.4, 0.5) is 5.69 Å². The van der Waals surface area contributed by atoms with Crippen LogP contribution in [0.5, 0.6) is 5.75 Å². The van der Waals surface area contributed by atoms with Gasteiger partial charge in [-0.15, -0.1) is 0 Å². The lowest BCUT2D eigenvalue weighted by atomic mass is 10.2. The Hall–Kier alpha value is -2.01. The van der Waals surface area contributed by atoms with Crippen LogP contribution in [0.2, 0.25) is 0 Å². The van der Waals surface area contributed by atoms with E-state index in [1.54, 1.807) is 12.1 Å². The number of fused-ring (bicyclic) bond motifs is 1. The molecule has 2 aromatic rings. The number of hydrogen-bond donors (Lipinski definition) is 0. The normalized spacial score (nSPS) is 14.5. The zero-order valence-corrected chi connectivity index (χ0v) is 11.7. The molecule has 2 aromatic carbocycles. The van der Waals surface area contributed by atoms with Crippen LogP contribution in [-0.2, 0) is 15.8 Å². The van der Waals surface area contributed by atoms with Crippen LogP contribution in [0.3, 0.4) is 0 Å². The molecule has 0 unspecified atom stereocenters. The van der Waals surface area contributed by atoms with Gasteiger partial charge in [-0.3, -0.25) is 4.31 Å². The van der Waals surface area contributed by atoms with Crippen molar-refractivity contribution in [2.75, 3.05) is 17.5 Å². The first-order valence-corrected chi connectivity index (χ1v) is 8.04. The van der Waals surface area contributed by atoms with E-state index in [4.69, 9.17) is 4.74 Å².